The third-order valence-corrected chi connectivity index (χ3v) is 1.89. The van der Waals surface area contributed by atoms with Gasteiger partial charge in [-0.25, -0.2) is 0 Å². The second kappa shape index (κ2) is 4.06. The molecule has 0 fully saturated rings. The van der Waals surface area contributed by atoms with E-state index in [1.165, 1.54) is 12.3 Å². The van der Waals surface area contributed by atoms with Gasteiger partial charge in [-0.3, -0.25) is 4.79 Å². The Morgan fingerprint density at radius 3 is 3.17 bits per heavy atom. The standard InChI is InChI=1S/C7H7BrN2O2/c1-2-6(11)9-3-5-4-12-10-7(5)8/h2,4H,1,3H2,(H,9,11). The second-order valence-electron chi connectivity index (χ2n) is 2.05. The van der Waals surface area contributed by atoms with E-state index in [0.29, 0.717) is 11.1 Å². The number of nitrogens with zero attached hydrogens (tertiary/aromatic N) is 1. The van der Waals surface area contributed by atoms with Gasteiger partial charge in [0, 0.05) is 12.1 Å². The number of halogens is 1. The quantitative estimate of drug-likeness (QED) is 0.796. The lowest BCUT2D eigenvalue weighted by Gasteiger charge is -1.97. The molecule has 0 unspecified atom stereocenters. The summed E-state index contributed by atoms with van der Waals surface area (Å²) in [6, 6.07) is 0. The molecule has 1 aromatic heterocycles. The van der Waals surface area contributed by atoms with Gasteiger partial charge in [-0.1, -0.05) is 11.7 Å². The Balaban J connectivity index is 2.48. The van der Waals surface area contributed by atoms with Gasteiger partial charge in [0.05, 0.1) is 0 Å². The van der Waals surface area contributed by atoms with E-state index in [-0.39, 0.29) is 5.91 Å². The molecule has 0 saturated carbocycles. The average molecular weight is 231 g/mol. The Morgan fingerprint density at radius 1 is 1.92 bits per heavy atom. The zero-order valence-corrected chi connectivity index (χ0v) is 7.80. The lowest BCUT2D eigenvalue weighted by molar-refractivity contribution is -0.116. The van der Waals surface area contributed by atoms with Gasteiger partial charge < -0.3 is 9.84 Å². The lowest BCUT2D eigenvalue weighted by atomic mass is 10.3. The normalized spacial score (nSPS) is 9.42. The zero-order valence-electron chi connectivity index (χ0n) is 6.21. The third-order valence-electron chi connectivity index (χ3n) is 1.23. The number of rotatable bonds is 3. The van der Waals surface area contributed by atoms with Gasteiger partial charge in [-0.05, 0) is 22.0 Å². The minimum Gasteiger partial charge on any atom is -0.363 e. The van der Waals surface area contributed by atoms with Crippen molar-refractivity contribution in [2.75, 3.05) is 0 Å². The van der Waals surface area contributed by atoms with E-state index < -0.39 is 0 Å². The molecule has 0 atom stereocenters. The van der Waals surface area contributed by atoms with Crippen LogP contribution in [0.5, 0.6) is 0 Å². The Kier molecular flexibility index (Phi) is 3.04. The molecule has 4 nitrogen and oxygen atoms in total. The summed E-state index contributed by atoms with van der Waals surface area (Å²) in [7, 11) is 0. The summed E-state index contributed by atoms with van der Waals surface area (Å²) in [5, 5.41) is 6.17. The van der Waals surface area contributed by atoms with E-state index in [1.807, 2.05) is 0 Å². The highest BCUT2D eigenvalue weighted by molar-refractivity contribution is 9.10. The molecule has 64 valence electrons. The Morgan fingerprint density at radius 2 is 2.67 bits per heavy atom. The van der Waals surface area contributed by atoms with Crippen LogP contribution in [-0.2, 0) is 11.3 Å². The highest BCUT2D eigenvalue weighted by atomic mass is 79.9. The third kappa shape index (κ3) is 2.20. The first-order valence-corrected chi connectivity index (χ1v) is 4.02. The van der Waals surface area contributed by atoms with Gasteiger partial charge in [0.15, 0.2) is 4.60 Å². The topological polar surface area (TPSA) is 55.1 Å². The molecule has 1 heterocycles. The molecule has 0 aliphatic heterocycles. The van der Waals surface area contributed by atoms with Gasteiger partial charge in [0.25, 0.3) is 0 Å². The number of carbonyl (C=O) groups excluding carboxylic acids is 1. The molecular formula is C7H7BrN2O2. The number of hydrogen-bond donors (Lipinski definition) is 1. The molecule has 12 heavy (non-hydrogen) atoms. The summed E-state index contributed by atoms with van der Waals surface area (Å²) < 4.78 is 5.24. The van der Waals surface area contributed by atoms with Crippen molar-refractivity contribution in [1.82, 2.24) is 10.5 Å². The number of hydrogen-bond acceptors (Lipinski definition) is 3. The fourth-order valence-electron chi connectivity index (χ4n) is 0.613. The van der Waals surface area contributed by atoms with E-state index in [9.17, 15) is 4.79 Å². The van der Waals surface area contributed by atoms with E-state index >= 15 is 0 Å². The van der Waals surface area contributed by atoms with Gasteiger partial charge in [0.1, 0.15) is 6.26 Å². The molecule has 0 aliphatic carbocycles. The predicted octanol–water partition coefficient (Wildman–Crippen LogP) is 1.24. The van der Waals surface area contributed by atoms with Crippen LogP contribution in [0.1, 0.15) is 5.56 Å². The van der Waals surface area contributed by atoms with E-state index in [2.05, 4.69) is 37.5 Å². The molecule has 1 amide bonds. The molecule has 5 heteroatoms. The number of nitrogens with one attached hydrogen (secondary N) is 1. The fourth-order valence-corrected chi connectivity index (χ4v) is 0.930. The Labute approximate surface area is 77.7 Å². The van der Waals surface area contributed by atoms with Crippen molar-refractivity contribution in [2.45, 2.75) is 6.54 Å². The summed E-state index contributed by atoms with van der Waals surface area (Å²) in [6.45, 7) is 3.70. The summed E-state index contributed by atoms with van der Waals surface area (Å²) in [5.74, 6) is -0.219. The fraction of sp³-hybridized carbons (Fsp3) is 0.143. The van der Waals surface area contributed by atoms with Crippen LogP contribution in [-0.4, -0.2) is 11.1 Å². The van der Waals surface area contributed by atoms with Crippen molar-refractivity contribution < 1.29 is 9.32 Å². The molecule has 0 bridgehead atoms. The van der Waals surface area contributed by atoms with Crippen LogP contribution in [0.2, 0.25) is 0 Å². The highest BCUT2D eigenvalue weighted by Gasteiger charge is 2.04. The molecule has 0 aromatic carbocycles. The van der Waals surface area contributed by atoms with Crippen LogP contribution in [0.15, 0.2) is 28.0 Å². The maximum atomic E-state index is 10.7. The maximum absolute atomic E-state index is 10.7. The molecule has 1 N–H and O–H groups in total. The largest absolute Gasteiger partial charge is 0.363 e. The summed E-state index contributed by atoms with van der Waals surface area (Å²) in [5.41, 5.74) is 0.796. The Bertz CT molecular complexity index is 295. The minimum absolute atomic E-state index is 0.219. The van der Waals surface area contributed by atoms with E-state index in [1.54, 1.807) is 0 Å². The maximum Gasteiger partial charge on any atom is 0.243 e. The molecule has 0 radical (unpaired) electrons. The van der Waals surface area contributed by atoms with Crippen molar-refractivity contribution in [3.63, 3.8) is 0 Å². The SMILES string of the molecule is C=CC(=O)NCc1conc1Br. The van der Waals surface area contributed by atoms with Crippen LogP contribution < -0.4 is 5.32 Å². The first-order valence-electron chi connectivity index (χ1n) is 3.23. The lowest BCUT2D eigenvalue weighted by Crippen LogP contribution is -2.19. The molecule has 0 saturated heterocycles. The van der Waals surface area contributed by atoms with Gasteiger partial charge in [0.2, 0.25) is 5.91 Å². The smallest absolute Gasteiger partial charge is 0.243 e. The minimum atomic E-state index is -0.219. The monoisotopic (exact) mass is 230 g/mol. The number of carbonyl (C=O) groups is 1. The Hall–Kier alpha value is -1.10. The summed E-state index contributed by atoms with van der Waals surface area (Å²) in [6.07, 6.45) is 2.68. The van der Waals surface area contributed by atoms with Crippen molar-refractivity contribution >= 4 is 21.8 Å². The molecule has 1 aromatic rings. The second-order valence-corrected chi connectivity index (χ2v) is 2.80. The molecule has 0 spiro atoms. The van der Waals surface area contributed by atoms with Crippen LogP contribution in [0, 0.1) is 0 Å². The van der Waals surface area contributed by atoms with Crippen molar-refractivity contribution in [1.29, 1.82) is 0 Å². The first kappa shape index (κ1) is 8.99. The van der Waals surface area contributed by atoms with Crippen LogP contribution >= 0.6 is 15.9 Å². The summed E-state index contributed by atoms with van der Waals surface area (Å²) in [4.78, 5) is 10.7. The van der Waals surface area contributed by atoms with Crippen LogP contribution in [0.3, 0.4) is 0 Å². The first-order chi connectivity index (χ1) is 5.74. The molecule has 1 rings (SSSR count). The number of aromatic nitrogens is 1. The molecular weight excluding hydrogens is 224 g/mol. The van der Waals surface area contributed by atoms with Gasteiger partial charge in [-0.2, -0.15) is 0 Å². The summed E-state index contributed by atoms with van der Waals surface area (Å²) >= 11 is 3.16. The zero-order chi connectivity index (χ0) is 8.97. The highest BCUT2D eigenvalue weighted by Crippen LogP contribution is 2.12. The van der Waals surface area contributed by atoms with Crippen LogP contribution in [0.25, 0.3) is 0 Å². The van der Waals surface area contributed by atoms with Gasteiger partial charge in [-0.15, -0.1) is 0 Å². The van der Waals surface area contributed by atoms with Crippen molar-refractivity contribution in [3.05, 3.63) is 29.1 Å². The van der Waals surface area contributed by atoms with Gasteiger partial charge >= 0.3 is 0 Å². The average Bonchev–Trinajstić information content (AvgIpc) is 2.47. The van der Waals surface area contributed by atoms with Crippen molar-refractivity contribution in [2.24, 2.45) is 0 Å². The molecule has 0 aliphatic rings. The van der Waals surface area contributed by atoms with E-state index in [4.69, 9.17) is 0 Å². The van der Waals surface area contributed by atoms with Crippen LogP contribution in [0.4, 0.5) is 0 Å². The predicted molar refractivity (Wildman–Crippen MR) is 46.2 cm³/mol. The van der Waals surface area contributed by atoms with Crippen molar-refractivity contribution in [3.8, 4) is 0 Å². The number of amides is 1. The van der Waals surface area contributed by atoms with E-state index in [0.717, 1.165) is 5.56 Å².